The van der Waals surface area contributed by atoms with E-state index in [1.54, 1.807) is 0 Å². The summed E-state index contributed by atoms with van der Waals surface area (Å²) in [4.78, 5) is 22.9. The Balaban J connectivity index is 2.33. The van der Waals surface area contributed by atoms with E-state index in [-0.39, 0.29) is 16.3 Å². The molecule has 0 aromatic heterocycles. The zero-order valence-electron chi connectivity index (χ0n) is 11.7. The number of para-hydroxylation sites is 1. The van der Waals surface area contributed by atoms with Gasteiger partial charge in [0.1, 0.15) is 5.75 Å². The molecule has 3 N–H and O–H groups in total. The number of nitrogens with one attached hydrogen (secondary N) is 1. The first-order valence-electron chi connectivity index (χ1n) is 6.34. The summed E-state index contributed by atoms with van der Waals surface area (Å²) in [6, 6.07) is 6.06. The van der Waals surface area contributed by atoms with Crippen molar-refractivity contribution in [2.24, 2.45) is 0 Å². The second kappa shape index (κ2) is 6.40. The van der Waals surface area contributed by atoms with Crippen LogP contribution in [0.2, 0.25) is 5.02 Å². The van der Waals surface area contributed by atoms with Crippen molar-refractivity contribution < 1.29 is 33.0 Å². The lowest BCUT2D eigenvalue weighted by atomic mass is 10.1. The number of benzene rings is 2. The summed E-state index contributed by atoms with van der Waals surface area (Å²) in [6.45, 7) is 0. The predicted octanol–water partition coefficient (Wildman–Crippen LogP) is 4.01. The van der Waals surface area contributed by atoms with Crippen LogP contribution in [0.3, 0.4) is 0 Å². The monoisotopic (exact) mass is 359 g/mol. The first-order chi connectivity index (χ1) is 11.1. The summed E-state index contributed by atoms with van der Waals surface area (Å²) in [5.74, 6) is -3.46. The third-order valence-corrected chi connectivity index (χ3v) is 3.36. The summed E-state index contributed by atoms with van der Waals surface area (Å²) in [7, 11) is 0. The van der Waals surface area contributed by atoms with Gasteiger partial charge in [0.15, 0.2) is 0 Å². The Morgan fingerprint density at radius 2 is 1.79 bits per heavy atom. The highest BCUT2D eigenvalue weighted by atomic mass is 35.5. The third-order valence-electron chi connectivity index (χ3n) is 3.05. The van der Waals surface area contributed by atoms with Gasteiger partial charge in [0.25, 0.3) is 5.91 Å². The van der Waals surface area contributed by atoms with Crippen LogP contribution in [0.5, 0.6) is 5.75 Å². The van der Waals surface area contributed by atoms with Crippen LogP contribution < -0.4 is 5.32 Å². The average Bonchev–Trinajstić information content (AvgIpc) is 2.48. The maximum atomic E-state index is 12.7. The molecule has 9 heteroatoms. The highest BCUT2D eigenvalue weighted by Gasteiger charge is 2.35. The summed E-state index contributed by atoms with van der Waals surface area (Å²) in [6.07, 6.45) is -4.82. The number of amides is 1. The number of alkyl halides is 3. The van der Waals surface area contributed by atoms with Crippen LogP contribution in [0.1, 0.15) is 26.3 Å². The van der Waals surface area contributed by atoms with E-state index in [0.29, 0.717) is 6.07 Å². The Morgan fingerprint density at radius 3 is 2.33 bits per heavy atom. The van der Waals surface area contributed by atoms with E-state index in [2.05, 4.69) is 5.32 Å². The van der Waals surface area contributed by atoms with Crippen LogP contribution >= 0.6 is 11.6 Å². The standard InChI is InChI=1S/C15H9ClF3NO4/c16-10-6-7(14(23)24)4-5-11(10)20-13(22)8-2-1-3-9(12(8)21)15(17,18)19/h1-6,21H,(H,20,22)(H,23,24). The molecule has 0 unspecified atom stereocenters. The molecule has 0 aliphatic carbocycles. The molecule has 5 nitrogen and oxygen atoms in total. The lowest BCUT2D eigenvalue weighted by Gasteiger charge is -2.13. The van der Waals surface area contributed by atoms with Crippen LogP contribution in [0.4, 0.5) is 18.9 Å². The molecule has 2 aromatic carbocycles. The SMILES string of the molecule is O=C(O)c1ccc(NC(=O)c2cccc(C(F)(F)F)c2O)c(Cl)c1. The van der Waals surface area contributed by atoms with E-state index in [1.165, 1.54) is 6.07 Å². The van der Waals surface area contributed by atoms with Gasteiger partial charge in [-0.3, -0.25) is 4.79 Å². The normalized spacial score (nSPS) is 11.2. The molecule has 2 rings (SSSR count). The van der Waals surface area contributed by atoms with Gasteiger partial charge in [0.2, 0.25) is 0 Å². The van der Waals surface area contributed by atoms with Crippen molar-refractivity contribution in [1.29, 1.82) is 0 Å². The second-order valence-corrected chi connectivity index (χ2v) is 5.06. The van der Waals surface area contributed by atoms with E-state index >= 15 is 0 Å². The molecule has 24 heavy (non-hydrogen) atoms. The van der Waals surface area contributed by atoms with Gasteiger partial charge in [-0.2, -0.15) is 13.2 Å². The maximum absolute atomic E-state index is 12.7. The molecule has 0 saturated carbocycles. The highest BCUT2D eigenvalue weighted by Crippen LogP contribution is 2.37. The molecular formula is C15H9ClF3NO4. The van der Waals surface area contributed by atoms with Gasteiger partial charge >= 0.3 is 12.1 Å². The molecule has 0 heterocycles. The minimum atomic E-state index is -4.82. The molecule has 0 spiro atoms. The number of halogens is 4. The molecule has 0 aliphatic rings. The minimum Gasteiger partial charge on any atom is -0.506 e. The Kier molecular flexibility index (Phi) is 4.70. The van der Waals surface area contributed by atoms with Crippen molar-refractivity contribution in [2.45, 2.75) is 6.18 Å². The van der Waals surface area contributed by atoms with Crippen molar-refractivity contribution in [3.63, 3.8) is 0 Å². The summed E-state index contributed by atoms with van der Waals surface area (Å²) in [5.41, 5.74) is -2.07. The molecule has 0 radical (unpaired) electrons. The molecule has 0 bridgehead atoms. The summed E-state index contributed by atoms with van der Waals surface area (Å²) in [5, 5.41) is 20.6. The average molecular weight is 360 g/mol. The Labute approximate surface area is 138 Å². The van der Waals surface area contributed by atoms with Gasteiger partial charge < -0.3 is 15.5 Å². The number of phenols is 1. The zero-order chi connectivity index (χ0) is 18.1. The Hall–Kier alpha value is -2.74. The number of hydrogen-bond acceptors (Lipinski definition) is 3. The van der Waals surface area contributed by atoms with E-state index in [0.717, 1.165) is 24.3 Å². The number of aromatic hydroxyl groups is 1. The fourth-order valence-electron chi connectivity index (χ4n) is 1.89. The highest BCUT2D eigenvalue weighted by molar-refractivity contribution is 6.34. The van der Waals surface area contributed by atoms with Crippen molar-refractivity contribution >= 4 is 29.2 Å². The number of phenolic OH excluding ortho intramolecular Hbond substituents is 1. The largest absolute Gasteiger partial charge is 0.506 e. The van der Waals surface area contributed by atoms with Gasteiger partial charge in [-0.25, -0.2) is 4.79 Å². The molecule has 126 valence electrons. The molecule has 0 fully saturated rings. The van der Waals surface area contributed by atoms with Crippen molar-refractivity contribution in [3.8, 4) is 5.75 Å². The van der Waals surface area contributed by atoms with Crippen LogP contribution in [-0.2, 0) is 6.18 Å². The van der Waals surface area contributed by atoms with Gasteiger partial charge in [-0.05, 0) is 30.3 Å². The number of rotatable bonds is 3. The maximum Gasteiger partial charge on any atom is 0.419 e. The Bertz CT molecular complexity index is 821. The third kappa shape index (κ3) is 3.60. The predicted molar refractivity (Wildman–Crippen MR) is 79.5 cm³/mol. The smallest absolute Gasteiger partial charge is 0.419 e. The Morgan fingerprint density at radius 1 is 1.12 bits per heavy atom. The number of carbonyl (C=O) groups excluding carboxylic acids is 1. The van der Waals surface area contributed by atoms with Crippen molar-refractivity contribution in [1.82, 2.24) is 0 Å². The fraction of sp³-hybridized carbons (Fsp3) is 0.0667. The van der Waals surface area contributed by atoms with Crippen molar-refractivity contribution in [2.75, 3.05) is 5.32 Å². The van der Waals surface area contributed by atoms with Gasteiger partial charge in [0, 0.05) is 0 Å². The second-order valence-electron chi connectivity index (χ2n) is 4.65. The van der Waals surface area contributed by atoms with Crippen LogP contribution in [0.15, 0.2) is 36.4 Å². The van der Waals surface area contributed by atoms with Crippen LogP contribution in [-0.4, -0.2) is 22.1 Å². The first kappa shape index (κ1) is 17.6. The lowest BCUT2D eigenvalue weighted by Crippen LogP contribution is -2.15. The van der Waals surface area contributed by atoms with Gasteiger partial charge in [0.05, 0.1) is 27.4 Å². The van der Waals surface area contributed by atoms with Gasteiger partial charge in [-0.15, -0.1) is 0 Å². The quantitative estimate of drug-likeness (QED) is 0.772. The molecule has 0 aliphatic heterocycles. The van der Waals surface area contributed by atoms with Gasteiger partial charge in [-0.1, -0.05) is 17.7 Å². The molecule has 2 aromatic rings. The number of carboxylic acids is 1. The number of carboxylic acid groups (broad SMARTS) is 1. The zero-order valence-corrected chi connectivity index (χ0v) is 12.4. The number of anilines is 1. The van der Waals surface area contributed by atoms with E-state index in [1.807, 2.05) is 0 Å². The summed E-state index contributed by atoms with van der Waals surface area (Å²) >= 11 is 5.83. The molecular weight excluding hydrogens is 351 g/mol. The number of aromatic carboxylic acids is 1. The summed E-state index contributed by atoms with van der Waals surface area (Å²) < 4.78 is 38.2. The number of carbonyl (C=O) groups is 2. The lowest BCUT2D eigenvalue weighted by molar-refractivity contribution is -0.138. The van der Waals surface area contributed by atoms with E-state index < -0.39 is 34.9 Å². The fourth-order valence-corrected chi connectivity index (χ4v) is 2.12. The van der Waals surface area contributed by atoms with E-state index in [4.69, 9.17) is 16.7 Å². The minimum absolute atomic E-state index is 0.0107. The van der Waals surface area contributed by atoms with Crippen LogP contribution in [0, 0.1) is 0 Å². The number of hydrogen-bond donors (Lipinski definition) is 3. The molecule has 0 atom stereocenters. The first-order valence-corrected chi connectivity index (χ1v) is 6.72. The molecule has 1 amide bonds. The molecule has 0 saturated heterocycles. The topological polar surface area (TPSA) is 86.6 Å². The van der Waals surface area contributed by atoms with E-state index in [9.17, 15) is 27.9 Å². The van der Waals surface area contributed by atoms with Crippen LogP contribution in [0.25, 0.3) is 0 Å². The van der Waals surface area contributed by atoms with Crippen molar-refractivity contribution in [3.05, 3.63) is 58.1 Å².